The minimum Gasteiger partial charge on any atom is -0.371 e. The predicted molar refractivity (Wildman–Crippen MR) is 77.0 cm³/mol. The van der Waals surface area contributed by atoms with Crippen LogP contribution in [0, 0.1) is 11.7 Å². The van der Waals surface area contributed by atoms with E-state index in [0.29, 0.717) is 0 Å². The normalized spacial score (nSPS) is 24.3. The topological polar surface area (TPSA) is 15.3 Å². The van der Waals surface area contributed by atoms with Gasteiger partial charge in [0.25, 0.3) is 0 Å². The van der Waals surface area contributed by atoms with Crippen LogP contribution in [0.15, 0.2) is 24.3 Å². The van der Waals surface area contributed by atoms with E-state index in [1.54, 1.807) is 12.1 Å². The summed E-state index contributed by atoms with van der Waals surface area (Å²) in [6.45, 7) is 3.34. The highest BCUT2D eigenvalue weighted by Crippen LogP contribution is 2.24. The Morgan fingerprint density at radius 2 is 1.84 bits per heavy atom. The summed E-state index contributed by atoms with van der Waals surface area (Å²) in [4.78, 5) is 2.38. The van der Waals surface area contributed by atoms with Gasteiger partial charge in [-0.1, -0.05) is 12.8 Å². The van der Waals surface area contributed by atoms with Crippen molar-refractivity contribution in [1.29, 1.82) is 0 Å². The molecule has 1 atom stereocenters. The average Bonchev–Trinajstić information content (AvgIpc) is 3.09. The zero-order valence-electron chi connectivity index (χ0n) is 11.4. The molecule has 2 fully saturated rings. The van der Waals surface area contributed by atoms with Crippen LogP contribution in [0.25, 0.3) is 0 Å². The Bertz CT molecular complexity index is 398. The lowest BCUT2D eigenvalue weighted by Gasteiger charge is -2.20. The Morgan fingerprint density at radius 3 is 2.58 bits per heavy atom. The second kappa shape index (κ2) is 5.91. The number of halogens is 1. The zero-order chi connectivity index (χ0) is 13.1. The first kappa shape index (κ1) is 12.9. The van der Waals surface area contributed by atoms with Crippen molar-refractivity contribution in [3.8, 4) is 0 Å². The molecule has 0 amide bonds. The molecule has 1 aliphatic carbocycles. The summed E-state index contributed by atoms with van der Waals surface area (Å²) in [5.74, 6) is 0.591. The van der Waals surface area contributed by atoms with Gasteiger partial charge in [0.15, 0.2) is 0 Å². The second-order valence-electron chi connectivity index (χ2n) is 5.97. The molecule has 0 bridgehead atoms. The smallest absolute Gasteiger partial charge is 0.123 e. The van der Waals surface area contributed by atoms with Gasteiger partial charge in [-0.15, -0.1) is 0 Å². The lowest BCUT2D eigenvalue weighted by atomic mass is 10.1. The molecule has 1 saturated carbocycles. The van der Waals surface area contributed by atoms with Crippen LogP contribution in [0.5, 0.6) is 0 Å². The number of hydrogen-bond acceptors (Lipinski definition) is 2. The van der Waals surface area contributed by atoms with Gasteiger partial charge in [-0.05, 0) is 56.0 Å². The van der Waals surface area contributed by atoms with E-state index in [2.05, 4.69) is 10.2 Å². The fraction of sp³-hybridized carbons (Fsp3) is 0.625. The van der Waals surface area contributed by atoms with Crippen LogP contribution < -0.4 is 10.2 Å². The third-order valence-corrected chi connectivity index (χ3v) is 4.53. The third kappa shape index (κ3) is 3.27. The Kier molecular flexibility index (Phi) is 4.02. The van der Waals surface area contributed by atoms with Crippen molar-refractivity contribution >= 4 is 5.69 Å². The van der Waals surface area contributed by atoms with Gasteiger partial charge in [-0.25, -0.2) is 4.39 Å². The molecule has 1 aromatic rings. The molecule has 19 heavy (non-hydrogen) atoms. The number of hydrogen-bond donors (Lipinski definition) is 1. The molecule has 3 heteroatoms. The van der Waals surface area contributed by atoms with Gasteiger partial charge in [0.1, 0.15) is 5.82 Å². The van der Waals surface area contributed by atoms with Gasteiger partial charge in [0.05, 0.1) is 0 Å². The van der Waals surface area contributed by atoms with Gasteiger partial charge >= 0.3 is 0 Å². The van der Waals surface area contributed by atoms with Crippen molar-refractivity contribution in [2.24, 2.45) is 5.92 Å². The molecule has 2 aliphatic rings. The van der Waals surface area contributed by atoms with Gasteiger partial charge in [0, 0.05) is 24.8 Å². The van der Waals surface area contributed by atoms with Gasteiger partial charge < -0.3 is 10.2 Å². The number of rotatable bonds is 4. The summed E-state index contributed by atoms with van der Waals surface area (Å²) in [5.41, 5.74) is 1.16. The standard InChI is InChI=1S/C16H23FN2/c17-14-5-7-16(8-6-14)19-10-9-13(12-19)11-18-15-3-1-2-4-15/h5-8,13,15,18H,1-4,9-12H2/t13-/m1/s1. The molecular formula is C16H23FN2. The minimum atomic E-state index is -0.151. The Balaban J connectivity index is 1.48. The largest absolute Gasteiger partial charge is 0.371 e. The van der Waals surface area contributed by atoms with Crippen molar-refractivity contribution in [1.82, 2.24) is 5.32 Å². The van der Waals surface area contributed by atoms with Crippen LogP contribution >= 0.6 is 0 Å². The van der Waals surface area contributed by atoms with E-state index in [1.165, 1.54) is 32.1 Å². The number of nitrogens with zero attached hydrogens (tertiary/aromatic N) is 1. The predicted octanol–water partition coefficient (Wildman–Crippen LogP) is 3.18. The van der Waals surface area contributed by atoms with Crippen LogP contribution in [0.2, 0.25) is 0 Å². The Hall–Kier alpha value is -1.09. The van der Waals surface area contributed by atoms with Crippen LogP contribution in [-0.4, -0.2) is 25.7 Å². The van der Waals surface area contributed by atoms with Gasteiger partial charge in [-0.3, -0.25) is 0 Å². The fourth-order valence-electron chi connectivity index (χ4n) is 3.35. The molecule has 0 aromatic heterocycles. The first-order chi connectivity index (χ1) is 9.31. The number of anilines is 1. The highest BCUT2D eigenvalue weighted by Gasteiger charge is 2.24. The van der Waals surface area contributed by atoms with Gasteiger partial charge in [0.2, 0.25) is 0 Å². The average molecular weight is 262 g/mol. The Morgan fingerprint density at radius 1 is 1.11 bits per heavy atom. The summed E-state index contributed by atoms with van der Waals surface area (Å²) in [6, 6.07) is 7.66. The summed E-state index contributed by atoms with van der Waals surface area (Å²) in [7, 11) is 0. The summed E-state index contributed by atoms with van der Waals surface area (Å²) in [5, 5.41) is 3.72. The fourth-order valence-corrected chi connectivity index (χ4v) is 3.35. The monoisotopic (exact) mass is 262 g/mol. The highest BCUT2D eigenvalue weighted by atomic mass is 19.1. The Labute approximate surface area is 115 Å². The maximum Gasteiger partial charge on any atom is 0.123 e. The van der Waals surface area contributed by atoms with E-state index in [-0.39, 0.29) is 5.82 Å². The van der Waals surface area contributed by atoms with Crippen molar-refractivity contribution in [2.45, 2.75) is 38.1 Å². The molecule has 0 unspecified atom stereocenters. The van der Waals surface area contributed by atoms with E-state index in [9.17, 15) is 4.39 Å². The molecule has 1 aromatic carbocycles. The van der Waals surface area contributed by atoms with Crippen LogP contribution in [0.1, 0.15) is 32.1 Å². The van der Waals surface area contributed by atoms with Crippen molar-refractivity contribution < 1.29 is 4.39 Å². The molecule has 1 saturated heterocycles. The molecule has 104 valence electrons. The molecule has 1 heterocycles. The van der Waals surface area contributed by atoms with Crippen LogP contribution in [0.3, 0.4) is 0 Å². The first-order valence-electron chi connectivity index (χ1n) is 7.55. The lowest BCUT2D eigenvalue weighted by Crippen LogP contribution is -2.32. The molecule has 1 N–H and O–H groups in total. The molecule has 2 nitrogen and oxygen atoms in total. The molecule has 0 spiro atoms. The molecule has 1 aliphatic heterocycles. The van der Waals surface area contributed by atoms with Crippen molar-refractivity contribution in [3.63, 3.8) is 0 Å². The second-order valence-corrected chi connectivity index (χ2v) is 5.97. The third-order valence-electron chi connectivity index (χ3n) is 4.53. The number of benzene rings is 1. The van der Waals surface area contributed by atoms with E-state index in [4.69, 9.17) is 0 Å². The van der Waals surface area contributed by atoms with Crippen molar-refractivity contribution in [3.05, 3.63) is 30.1 Å². The highest BCUT2D eigenvalue weighted by molar-refractivity contribution is 5.47. The van der Waals surface area contributed by atoms with E-state index < -0.39 is 0 Å². The van der Waals surface area contributed by atoms with E-state index in [1.807, 2.05) is 12.1 Å². The lowest BCUT2D eigenvalue weighted by molar-refractivity contribution is 0.450. The summed E-state index contributed by atoms with van der Waals surface area (Å²) < 4.78 is 12.9. The SMILES string of the molecule is Fc1ccc(N2CC[C@H](CNC3CCCC3)C2)cc1. The molecular weight excluding hydrogens is 239 g/mol. The summed E-state index contributed by atoms with van der Waals surface area (Å²) >= 11 is 0. The maximum absolute atomic E-state index is 12.9. The van der Waals surface area contributed by atoms with E-state index in [0.717, 1.165) is 37.3 Å². The molecule has 0 radical (unpaired) electrons. The van der Waals surface area contributed by atoms with E-state index >= 15 is 0 Å². The number of nitrogens with one attached hydrogen (secondary N) is 1. The van der Waals surface area contributed by atoms with Crippen LogP contribution in [-0.2, 0) is 0 Å². The summed E-state index contributed by atoms with van der Waals surface area (Å²) in [6.07, 6.45) is 6.74. The maximum atomic E-state index is 12.9. The quantitative estimate of drug-likeness (QED) is 0.896. The zero-order valence-corrected chi connectivity index (χ0v) is 11.4. The molecule has 3 rings (SSSR count). The first-order valence-corrected chi connectivity index (χ1v) is 7.55. The van der Waals surface area contributed by atoms with Crippen LogP contribution in [0.4, 0.5) is 10.1 Å². The van der Waals surface area contributed by atoms with Crippen molar-refractivity contribution in [2.75, 3.05) is 24.5 Å². The van der Waals surface area contributed by atoms with Gasteiger partial charge in [-0.2, -0.15) is 0 Å². The minimum absolute atomic E-state index is 0.151.